The average molecular weight is 643 g/mol. The smallest absolute Gasteiger partial charge is 0.242 e. The molecule has 254 valence electrons. The number of para-hydroxylation sites is 2. The standard InChI is InChI=1S/C35H50N2O9/c1-6-9-13-19-43-31-22-26(32(44-20-14-10-7-2)34(42-5)33(31)41-4)35(8-3,24-36)18-17-28(38)27(37(39)40)21-25-23-45-29-15-11-12-16-30(29)46-25/h11-12,15-16,22,25,27-28,38H,6-10,13-14,17-21,23H2,1-5H3. The van der Waals surface area contributed by atoms with E-state index in [4.69, 9.17) is 28.4 Å². The molecule has 0 saturated carbocycles. The van der Waals surface area contributed by atoms with Crippen LogP contribution in [-0.2, 0) is 5.41 Å². The van der Waals surface area contributed by atoms with Crippen LogP contribution in [-0.4, -0.2) is 62.3 Å². The summed E-state index contributed by atoms with van der Waals surface area (Å²) in [5.41, 5.74) is -0.630. The molecule has 4 atom stereocenters. The van der Waals surface area contributed by atoms with Crippen LogP contribution >= 0.6 is 0 Å². The maximum atomic E-state index is 12.2. The largest absolute Gasteiger partial charge is 0.490 e. The number of methoxy groups -OCH3 is 2. The summed E-state index contributed by atoms with van der Waals surface area (Å²) in [5, 5.41) is 34.1. The van der Waals surface area contributed by atoms with Crippen LogP contribution in [0.5, 0.6) is 34.5 Å². The second-order valence-corrected chi connectivity index (χ2v) is 11.7. The van der Waals surface area contributed by atoms with Gasteiger partial charge in [-0.2, -0.15) is 5.26 Å². The highest BCUT2D eigenvalue weighted by molar-refractivity contribution is 5.65. The van der Waals surface area contributed by atoms with Crippen LogP contribution in [0.25, 0.3) is 0 Å². The summed E-state index contributed by atoms with van der Waals surface area (Å²) in [4.78, 5) is 11.7. The Labute approximate surface area is 272 Å². The van der Waals surface area contributed by atoms with E-state index < -0.39 is 28.6 Å². The molecule has 11 heteroatoms. The van der Waals surface area contributed by atoms with E-state index in [2.05, 4.69) is 19.9 Å². The van der Waals surface area contributed by atoms with Crippen molar-refractivity contribution in [2.45, 2.75) is 109 Å². The molecule has 0 spiro atoms. The highest BCUT2D eigenvalue weighted by Gasteiger charge is 2.41. The van der Waals surface area contributed by atoms with Crippen molar-refractivity contribution in [1.29, 1.82) is 5.26 Å². The molecule has 0 bridgehead atoms. The lowest BCUT2D eigenvalue weighted by atomic mass is 9.74. The first-order chi connectivity index (χ1) is 22.3. The van der Waals surface area contributed by atoms with Crippen molar-refractivity contribution in [1.82, 2.24) is 0 Å². The highest BCUT2D eigenvalue weighted by atomic mass is 16.6. The first-order valence-corrected chi connectivity index (χ1v) is 16.4. The summed E-state index contributed by atoms with van der Waals surface area (Å²) in [6.45, 7) is 7.09. The molecule has 0 aliphatic carbocycles. The van der Waals surface area contributed by atoms with Crippen LogP contribution in [0.3, 0.4) is 0 Å². The lowest BCUT2D eigenvalue weighted by Crippen LogP contribution is -2.42. The van der Waals surface area contributed by atoms with Crippen molar-refractivity contribution in [2.75, 3.05) is 34.0 Å². The lowest BCUT2D eigenvalue weighted by molar-refractivity contribution is -0.537. The van der Waals surface area contributed by atoms with Gasteiger partial charge in [-0.3, -0.25) is 10.1 Å². The molecular formula is C35H50N2O9. The van der Waals surface area contributed by atoms with Crippen molar-refractivity contribution >= 4 is 0 Å². The zero-order valence-electron chi connectivity index (χ0n) is 27.9. The van der Waals surface area contributed by atoms with Crippen LogP contribution in [0.2, 0.25) is 0 Å². The number of unbranched alkanes of at least 4 members (excludes halogenated alkanes) is 4. The maximum absolute atomic E-state index is 12.2. The summed E-state index contributed by atoms with van der Waals surface area (Å²) in [7, 11) is 3.05. The Morgan fingerprint density at radius 3 is 2.26 bits per heavy atom. The van der Waals surface area contributed by atoms with Gasteiger partial charge in [0, 0.05) is 10.5 Å². The Morgan fingerprint density at radius 2 is 1.67 bits per heavy atom. The molecule has 0 amide bonds. The van der Waals surface area contributed by atoms with Crippen LogP contribution in [0.1, 0.15) is 90.5 Å². The molecule has 0 fully saturated rings. The van der Waals surface area contributed by atoms with Crippen LogP contribution in [0.4, 0.5) is 0 Å². The Morgan fingerprint density at radius 1 is 1.02 bits per heavy atom. The van der Waals surface area contributed by atoms with Crippen LogP contribution in [0.15, 0.2) is 30.3 Å². The Bertz CT molecular complexity index is 1300. The summed E-state index contributed by atoms with van der Waals surface area (Å²) in [5.74, 6) is 2.60. The normalized spacial score (nSPS) is 16.4. The molecule has 1 heterocycles. The Hall–Kier alpha value is -3.91. The summed E-state index contributed by atoms with van der Waals surface area (Å²) in [6, 6.07) is 10.1. The number of ether oxygens (including phenoxy) is 6. The van der Waals surface area contributed by atoms with E-state index in [0.717, 1.165) is 38.5 Å². The van der Waals surface area contributed by atoms with Gasteiger partial charge in [-0.15, -0.1) is 0 Å². The number of rotatable bonds is 21. The predicted molar refractivity (Wildman–Crippen MR) is 174 cm³/mol. The zero-order chi connectivity index (χ0) is 33.5. The number of nitrogens with zero attached hydrogens (tertiary/aromatic N) is 2. The fraction of sp³-hybridized carbons (Fsp3) is 0.629. The molecule has 4 unspecified atom stereocenters. The molecule has 1 aliphatic rings. The Kier molecular flexibility index (Phi) is 14.5. The number of nitriles is 1. The fourth-order valence-electron chi connectivity index (χ4n) is 5.76. The van der Waals surface area contributed by atoms with E-state index >= 15 is 0 Å². The molecule has 1 aliphatic heterocycles. The van der Waals surface area contributed by atoms with Gasteiger partial charge in [0.05, 0.1) is 45.3 Å². The van der Waals surface area contributed by atoms with Gasteiger partial charge in [0.1, 0.15) is 18.8 Å². The van der Waals surface area contributed by atoms with Crippen molar-refractivity contribution in [3.63, 3.8) is 0 Å². The molecule has 2 aromatic carbocycles. The number of aliphatic hydroxyl groups is 1. The second-order valence-electron chi connectivity index (χ2n) is 11.7. The zero-order valence-corrected chi connectivity index (χ0v) is 27.9. The molecule has 0 radical (unpaired) electrons. The van der Waals surface area contributed by atoms with Gasteiger partial charge < -0.3 is 33.5 Å². The minimum Gasteiger partial charge on any atom is -0.490 e. The fourth-order valence-corrected chi connectivity index (χ4v) is 5.76. The molecule has 1 N–H and O–H groups in total. The van der Waals surface area contributed by atoms with Gasteiger partial charge in [0.25, 0.3) is 0 Å². The van der Waals surface area contributed by atoms with E-state index in [9.17, 15) is 20.5 Å². The Balaban J connectivity index is 1.92. The van der Waals surface area contributed by atoms with Crippen molar-refractivity contribution in [3.8, 4) is 40.6 Å². The minimum absolute atomic E-state index is 0.00643. The van der Waals surface area contributed by atoms with Crippen molar-refractivity contribution in [2.24, 2.45) is 0 Å². The minimum atomic E-state index is -1.34. The molecule has 3 rings (SSSR count). The summed E-state index contributed by atoms with van der Waals surface area (Å²) >= 11 is 0. The average Bonchev–Trinajstić information content (AvgIpc) is 3.07. The number of aliphatic hydroxyl groups excluding tert-OH is 1. The van der Waals surface area contributed by atoms with Gasteiger partial charge in [0.2, 0.25) is 17.5 Å². The van der Waals surface area contributed by atoms with Gasteiger partial charge in [-0.1, -0.05) is 58.6 Å². The molecule has 0 saturated heterocycles. The van der Waals surface area contributed by atoms with Crippen LogP contribution < -0.4 is 28.4 Å². The van der Waals surface area contributed by atoms with Crippen LogP contribution in [0, 0.1) is 21.4 Å². The van der Waals surface area contributed by atoms with Gasteiger partial charge in [-0.25, -0.2) is 0 Å². The first-order valence-electron chi connectivity index (χ1n) is 16.4. The van der Waals surface area contributed by atoms with Crippen molar-refractivity contribution in [3.05, 3.63) is 46.0 Å². The third-order valence-corrected chi connectivity index (χ3v) is 8.55. The SMILES string of the molecule is CCCCCOc1cc(C(C#N)(CC)CCC(O)C(CC2COc3ccccc3O2)[N+](=O)[O-])c(OCCCCC)c(OC)c1OC. The topological polar surface area (TPSA) is 143 Å². The monoisotopic (exact) mass is 642 g/mol. The number of benzene rings is 2. The van der Waals surface area contributed by atoms with E-state index in [0.29, 0.717) is 59.7 Å². The number of hydrogen-bond donors (Lipinski definition) is 1. The second kappa shape index (κ2) is 18.3. The number of nitro groups is 1. The first kappa shape index (κ1) is 36.6. The quantitative estimate of drug-likeness (QED) is 0.0856. The van der Waals surface area contributed by atoms with Crippen molar-refractivity contribution < 1.29 is 38.5 Å². The van der Waals surface area contributed by atoms with E-state index in [1.54, 1.807) is 24.3 Å². The molecular weight excluding hydrogens is 592 g/mol. The number of hydrogen-bond acceptors (Lipinski definition) is 10. The van der Waals surface area contributed by atoms with E-state index in [1.165, 1.54) is 14.2 Å². The third kappa shape index (κ3) is 9.09. The van der Waals surface area contributed by atoms with Gasteiger partial charge in [0.15, 0.2) is 23.0 Å². The lowest BCUT2D eigenvalue weighted by Gasteiger charge is -2.32. The predicted octanol–water partition coefficient (Wildman–Crippen LogP) is 7.03. The molecule has 11 nitrogen and oxygen atoms in total. The number of fused-ring (bicyclic) bond motifs is 1. The van der Waals surface area contributed by atoms with Gasteiger partial charge >= 0.3 is 0 Å². The molecule has 46 heavy (non-hydrogen) atoms. The summed E-state index contributed by atoms with van der Waals surface area (Å²) < 4.78 is 35.7. The molecule has 0 aromatic heterocycles. The van der Waals surface area contributed by atoms with Gasteiger partial charge in [-0.05, 0) is 50.3 Å². The maximum Gasteiger partial charge on any atom is 0.242 e. The molecule has 2 aromatic rings. The van der Waals surface area contributed by atoms with E-state index in [1.807, 2.05) is 13.0 Å². The highest BCUT2D eigenvalue weighted by Crippen LogP contribution is 2.52. The third-order valence-electron chi connectivity index (χ3n) is 8.55. The van der Waals surface area contributed by atoms with E-state index in [-0.39, 0.29) is 25.9 Å². The summed E-state index contributed by atoms with van der Waals surface area (Å²) in [6.07, 6.45) is 4.16.